The van der Waals surface area contributed by atoms with Gasteiger partial charge in [0.1, 0.15) is 0 Å². The monoisotopic (exact) mass is 298 g/mol. The lowest BCUT2D eigenvalue weighted by molar-refractivity contribution is -0.130. The molecule has 0 saturated heterocycles. The third kappa shape index (κ3) is 2.83. The SMILES string of the molecule is CC(=O)N1N=C(c2ccccc2)CC1c1cccc(Cl)c1. The zero-order valence-electron chi connectivity index (χ0n) is 11.7. The second kappa shape index (κ2) is 5.70. The first-order chi connectivity index (χ1) is 10.1. The molecule has 1 unspecified atom stereocenters. The molecule has 2 aromatic rings. The van der Waals surface area contributed by atoms with Crippen LogP contribution in [0.2, 0.25) is 5.02 Å². The van der Waals surface area contributed by atoms with E-state index in [0.717, 1.165) is 16.8 Å². The van der Waals surface area contributed by atoms with Crippen molar-refractivity contribution < 1.29 is 4.79 Å². The van der Waals surface area contributed by atoms with Crippen LogP contribution in [0.25, 0.3) is 0 Å². The summed E-state index contributed by atoms with van der Waals surface area (Å²) in [5.74, 6) is -0.0640. The molecule has 2 aromatic carbocycles. The Kier molecular flexibility index (Phi) is 3.76. The van der Waals surface area contributed by atoms with Gasteiger partial charge in [0, 0.05) is 18.4 Å². The molecule has 0 bridgehead atoms. The largest absolute Gasteiger partial charge is 0.273 e. The molecule has 4 heteroatoms. The summed E-state index contributed by atoms with van der Waals surface area (Å²) < 4.78 is 0. The van der Waals surface area contributed by atoms with Crippen molar-refractivity contribution in [3.05, 3.63) is 70.7 Å². The van der Waals surface area contributed by atoms with Crippen LogP contribution >= 0.6 is 11.6 Å². The van der Waals surface area contributed by atoms with Crippen LogP contribution in [0.1, 0.15) is 30.5 Å². The zero-order chi connectivity index (χ0) is 14.8. The van der Waals surface area contributed by atoms with Gasteiger partial charge in [-0.05, 0) is 23.3 Å². The zero-order valence-corrected chi connectivity index (χ0v) is 12.4. The van der Waals surface area contributed by atoms with Crippen LogP contribution in [0.15, 0.2) is 59.7 Å². The highest BCUT2D eigenvalue weighted by Gasteiger charge is 2.31. The number of carbonyl (C=O) groups is 1. The Hall–Kier alpha value is -2.13. The number of amides is 1. The average Bonchev–Trinajstić information content (AvgIpc) is 2.93. The summed E-state index contributed by atoms with van der Waals surface area (Å²) >= 11 is 6.06. The summed E-state index contributed by atoms with van der Waals surface area (Å²) in [7, 11) is 0. The number of halogens is 1. The van der Waals surface area contributed by atoms with E-state index in [4.69, 9.17) is 11.6 Å². The van der Waals surface area contributed by atoms with Crippen LogP contribution in [0, 0.1) is 0 Å². The Bertz CT molecular complexity index is 697. The Labute approximate surface area is 128 Å². The third-order valence-electron chi connectivity index (χ3n) is 3.57. The van der Waals surface area contributed by atoms with Crippen molar-refractivity contribution in [3.8, 4) is 0 Å². The minimum absolute atomic E-state index is 0.0640. The Morgan fingerprint density at radius 3 is 2.62 bits per heavy atom. The van der Waals surface area contributed by atoms with E-state index >= 15 is 0 Å². The van der Waals surface area contributed by atoms with Gasteiger partial charge < -0.3 is 0 Å². The van der Waals surface area contributed by atoms with Crippen molar-refractivity contribution in [1.29, 1.82) is 0 Å². The molecular formula is C17H15ClN2O. The second-order valence-corrected chi connectivity index (χ2v) is 5.49. The number of rotatable bonds is 2. The molecule has 0 saturated carbocycles. The molecule has 0 aliphatic carbocycles. The van der Waals surface area contributed by atoms with Crippen LogP contribution in [0.3, 0.4) is 0 Å². The van der Waals surface area contributed by atoms with Crippen LogP contribution in [0.4, 0.5) is 0 Å². The first-order valence-electron chi connectivity index (χ1n) is 6.83. The molecule has 1 amide bonds. The van der Waals surface area contributed by atoms with Crippen LogP contribution < -0.4 is 0 Å². The standard InChI is InChI=1S/C17H15ClN2O/c1-12(21)20-17(14-8-5-9-15(18)10-14)11-16(19-20)13-6-3-2-4-7-13/h2-10,17H,11H2,1H3. The van der Waals surface area contributed by atoms with Gasteiger partial charge in [-0.1, -0.05) is 54.1 Å². The summed E-state index contributed by atoms with van der Waals surface area (Å²) in [6, 6.07) is 17.5. The summed E-state index contributed by atoms with van der Waals surface area (Å²) in [5, 5.41) is 6.72. The van der Waals surface area contributed by atoms with Gasteiger partial charge in [-0.25, -0.2) is 5.01 Å². The number of benzene rings is 2. The highest BCUT2D eigenvalue weighted by Crippen LogP contribution is 2.33. The molecule has 21 heavy (non-hydrogen) atoms. The predicted molar refractivity (Wildman–Crippen MR) is 84.3 cm³/mol. The molecule has 0 spiro atoms. The van der Waals surface area contributed by atoms with E-state index in [1.807, 2.05) is 54.6 Å². The lowest BCUT2D eigenvalue weighted by atomic mass is 9.98. The highest BCUT2D eigenvalue weighted by atomic mass is 35.5. The van der Waals surface area contributed by atoms with E-state index in [-0.39, 0.29) is 11.9 Å². The molecule has 3 rings (SSSR count). The third-order valence-corrected chi connectivity index (χ3v) is 3.81. The summed E-state index contributed by atoms with van der Waals surface area (Å²) in [6.07, 6.45) is 0.698. The predicted octanol–water partition coefficient (Wildman–Crippen LogP) is 4.04. The van der Waals surface area contributed by atoms with E-state index in [9.17, 15) is 4.79 Å². The van der Waals surface area contributed by atoms with Crippen molar-refractivity contribution in [2.45, 2.75) is 19.4 Å². The fraction of sp³-hybridized carbons (Fsp3) is 0.176. The van der Waals surface area contributed by atoms with E-state index in [2.05, 4.69) is 5.10 Å². The van der Waals surface area contributed by atoms with Gasteiger partial charge in [-0.3, -0.25) is 4.79 Å². The molecule has 0 aromatic heterocycles. The minimum Gasteiger partial charge on any atom is -0.273 e. The summed E-state index contributed by atoms with van der Waals surface area (Å²) in [6.45, 7) is 1.54. The molecule has 1 heterocycles. The molecule has 1 aliphatic rings. The molecule has 1 aliphatic heterocycles. The molecule has 106 valence electrons. The van der Waals surface area contributed by atoms with Gasteiger partial charge in [0.25, 0.3) is 0 Å². The summed E-state index contributed by atoms with van der Waals surface area (Å²) in [4.78, 5) is 11.9. The molecule has 0 N–H and O–H groups in total. The number of hydrazone groups is 1. The van der Waals surface area contributed by atoms with E-state index < -0.39 is 0 Å². The maximum absolute atomic E-state index is 11.9. The topological polar surface area (TPSA) is 32.7 Å². The molecule has 0 radical (unpaired) electrons. The fourth-order valence-electron chi connectivity index (χ4n) is 2.58. The van der Waals surface area contributed by atoms with Crippen molar-refractivity contribution in [1.82, 2.24) is 5.01 Å². The van der Waals surface area contributed by atoms with Gasteiger partial charge in [0.2, 0.25) is 5.91 Å². The maximum Gasteiger partial charge on any atom is 0.240 e. The normalized spacial score (nSPS) is 17.7. The van der Waals surface area contributed by atoms with Crippen molar-refractivity contribution >= 4 is 23.2 Å². The molecular weight excluding hydrogens is 284 g/mol. The van der Waals surface area contributed by atoms with Gasteiger partial charge in [-0.15, -0.1) is 0 Å². The van der Waals surface area contributed by atoms with Gasteiger partial charge in [-0.2, -0.15) is 5.10 Å². The molecule has 0 fully saturated rings. The molecule has 3 nitrogen and oxygen atoms in total. The Morgan fingerprint density at radius 2 is 1.95 bits per heavy atom. The Morgan fingerprint density at radius 1 is 1.19 bits per heavy atom. The number of nitrogens with zero attached hydrogens (tertiary/aromatic N) is 2. The highest BCUT2D eigenvalue weighted by molar-refractivity contribution is 6.30. The van der Waals surface area contributed by atoms with Crippen LogP contribution in [0.5, 0.6) is 0 Å². The summed E-state index contributed by atoms with van der Waals surface area (Å²) in [5.41, 5.74) is 2.98. The average molecular weight is 299 g/mol. The van der Waals surface area contributed by atoms with Crippen molar-refractivity contribution in [3.63, 3.8) is 0 Å². The van der Waals surface area contributed by atoms with E-state index in [1.54, 1.807) is 5.01 Å². The first-order valence-corrected chi connectivity index (χ1v) is 7.21. The maximum atomic E-state index is 11.9. The first kappa shape index (κ1) is 13.8. The van der Waals surface area contributed by atoms with E-state index in [0.29, 0.717) is 11.4 Å². The van der Waals surface area contributed by atoms with Crippen LogP contribution in [-0.2, 0) is 4.79 Å². The second-order valence-electron chi connectivity index (χ2n) is 5.05. The number of carbonyl (C=O) groups excluding carboxylic acids is 1. The lowest BCUT2D eigenvalue weighted by Crippen LogP contribution is -2.24. The van der Waals surface area contributed by atoms with Gasteiger partial charge >= 0.3 is 0 Å². The fourth-order valence-corrected chi connectivity index (χ4v) is 2.78. The van der Waals surface area contributed by atoms with Gasteiger partial charge in [0.15, 0.2) is 0 Å². The number of hydrogen-bond donors (Lipinski definition) is 0. The van der Waals surface area contributed by atoms with Crippen molar-refractivity contribution in [2.75, 3.05) is 0 Å². The lowest BCUT2D eigenvalue weighted by Gasteiger charge is -2.20. The van der Waals surface area contributed by atoms with Gasteiger partial charge in [0.05, 0.1) is 11.8 Å². The molecule has 1 atom stereocenters. The Balaban J connectivity index is 1.95. The smallest absolute Gasteiger partial charge is 0.240 e. The van der Waals surface area contributed by atoms with E-state index in [1.165, 1.54) is 6.92 Å². The number of hydrogen-bond acceptors (Lipinski definition) is 2. The quantitative estimate of drug-likeness (QED) is 0.823. The minimum atomic E-state index is -0.0867. The van der Waals surface area contributed by atoms with Crippen LogP contribution in [-0.4, -0.2) is 16.6 Å². The van der Waals surface area contributed by atoms with Crippen molar-refractivity contribution in [2.24, 2.45) is 5.10 Å².